The summed E-state index contributed by atoms with van der Waals surface area (Å²) >= 11 is 5.65. The zero-order valence-corrected chi connectivity index (χ0v) is 8.62. The van der Waals surface area contributed by atoms with Crippen molar-refractivity contribution >= 4 is 28.8 Å². The molecule has 0 unspecified atom stereocenters. The van der Waals surface area contributed by atoms with Crippen LogP contribution in [0.4, 0.5) is 5.82 Å². The van der Waals surface area contributed by atoms with E-state index in [1.807, 2.05) is 0 Å². The first-order valence-corrected chi connectivity index (χ1v) is 4.54. The van der Waals surface area contributed by atoms with Crippen LogP contribution in [-0.2, 0) is 0 Å². The number of carbonyl (C=O) groups is 1. The molecule has 2 aromatic heterocycles. The van der Waals surface area contributed by atoms with Crippen LogP contribution in [0.25, 0.3) is 5.52 Å². The highest BCUT2D eigenvalue weighted by Gasteiger charge is 2.13. The van der Waals surface area contributed by atoms with Gasteiger partial charge in [0.05, 0.1) is 0 Å². The van der Waals surface area contributed by atoms with Gasteiger partial charge in [-0.2, -0.15) is 4.98 Å². The number of nitrogens with two attached hydrogens (primary N) is 1. The Morgan fingerprint density at radius 2 is 2.33 bits per heavy atom. The Balaban J connectivity index is 2.74. The Hall–Kier alpha value is -1.82. The lowest BCUT2D eigenvalue weighted by Crippen LogP contribution is -2.20. The van der Waals surface area contributed by atoms with Gasteiger partial charge < -0.3 is 11.1 Å². The maximum Gasteiger partial charge on any atom is 0.269 e. The molecule has 0 aromatic carbocycles. The predicted octanol–water partition coefficient (Wildman–Crippen LogP) is 0.324. The van der Waals surface area contributed by atoms with Crippen molar-refractivity contribution < 1.29 is 4.79 Å². The molecule has 0 saturated carbocycles. The van der Waals surface area contributed by atoms with Gasteiger partial charge in [-0.1, -0.05) is 0 Å². The maximum atomic E-state index is 11.4. The number of hydrogen-bond donors (Lipinski definition) is 2. The molecule has 2 rings (SSSR count). The van der Waals surface area contributed by atoms with Crippen molar-refractivity contribution in [3.8, 4) is 0 Å². The molecular formula is C8H8ClN5O. The summed E-state index contributed by atoms with van der Waals surface area (Å²) < 4.78 is 1.36. The van der Waals surface area contributed by atoms with E-state index in [1.54, 1.807) is 12.1 Å². The molecule has 0 aliphatic rings. The van der Waals surface area contributed by atoms with Crippen molar-refractivity contribution in [2.24, 2.45) is 0 Å². The summed E-state index contributed by atoms with van der Waals surface area (Å²) in [5.74, 6) is -0.0191. The molecule has 1 amide bonds. The predicted molar refractivity (Wildman–Crippen MR) is 55.8 cm³/mol. The van der Waals surface area contributed by atoms with E-state index in [-0.39, 0.29) is 17.0 Å². The highest BCUT2D eigenvalue weighted by Crippen LogP contribution is 2.15. The fraction of sp³-hybridized carbons (Fsp3) is 0.125. The normalized spacial score (nSPS) is 10.5. The molecule has 0 atom stereocenters. The number of halogens is 1. The van der Waals surface area contributed by atoms with Gasteiger partial charge in [-0.3, -0.25) is 4.79 Å². The van der Waals surface area contributed by atoms with E-state index in [1.165, 1.54) is 11.6 Å². The van der Waals surface area contributed by atoms with Gasteiger partial charge in [-0.25, -0.2) is 4.52 Å². The van der Waals surface area contributed by atoms with Gasteiger partial charge in [-0.05, 0) is 23.7 Å². The number of anilines is 1. The van der Waals surface area contributed by atoms with Crippen molar-refractivity contribution in [2.45, 2.75) is 0 Å². The molecule has 0 saturated heterocycles. The van der Waals surface area contributed by atoms with Crippen LogP contribution < -0.4 is 11.1 Å². The fourth-order valence-corrected chi connectivity index (χ4v) is 1.46. The monoisotopic (exact) mass is 225 g/mol. The summed E-state index contributed by atoms with van der Waals surface area (Å²) in [6.45, 7) is 0. The van der Waals surface area contributed by atoms with Crippen LogP contribution in [0.3, 0.4) is 0 Å². The molecule has 0 aliphatic carbocycles. The van der Waals surface area contributed by atoms with E-state index < -0.39 is 0 Å². The van der Waals surface area contributed by atoms with Crippen LogP contribution in [0.1, 0.15) is 10.5 Å². The van der Waals surface area contributed by atoms with Gasteiger partial charge in [-0.15, -0.1) is 5.10 Å². The van der Waals surface area contributed by atoms with Crippen LogP contribution >= 0.6 is 11.6 Å². The first kappa shape index (κ1) is 9.72. The standard InChI is InChI=1S/C8H8ClN5O/c1-11-7(15)5-3-2-4-6(10)12-8(9)13-14(4)5/h2-3H,1H3,(H,11,15)(H2,10,12,13). The number of fused-ring (bicyclic) bond motifs is 1. The number of nitrogen functional groups attached to an aromatic ring is 1. The summed E-state index contributed by atoms with van der Waals surface area (Å²) in [7, 11) is 1.54. The summed E-state index contributed by atoms with van der Waals surface area (Å²) in [5, 5.41) is 6.39. The lowest BCUT2D eigenvalue weighted by Gasteiger charge is -2.02. The van der Waals surface area contributed by atoms with Gasteiger partial charge in [0, 0.05) is 7.05 Å². The summed E-state index contributed by atoms with van der Waals surface area (Å²) in [6.07, 6.45) is 0. The second-order valence-electron chi connectivity index (χ2n) is 2.86. The SMILES string of the molecule is CNC(=O)c1ccc2c(N)nc(Cl)nn12. The Labute approximate surface area is 90.0 Å². The van der Waals surface area contributed by atoms with Gasteiger partial charge >= 0.3 is 0 Å². The Morgan fingerprint density at radius 3 is 3.00 bits per heavy atom. The zero-order valence-electron chi connectivity index (χ0n) is 7.86. The molecule has 0 aliphatic heterocycles. The number of hydrogen-bond acceptors (Lipinski definition) is 4. The van der Waals surface area contributed by atoms with E-state index in [2.05, 4.69) is 15.4 Å². The fourth-order valence-electron chi connectivity index (χ4n) is 1.29. The molecule has 3 N–H and O–H groups in total. The van der Waals surface area contributed by atoms with Gasteiger partial charge in [0.25, 0.3) is 5.91 Å². The lowest BCUT2D eigenvalue weighted by molar-refractivity contribution is 0.0956. The third kappa shape index (κ3) is 1.48. The molecule has 7 heteroatoms. The van der Waals surface area contributed by atoms with Crippen LogP contribution in [0.2, 0.25) is 5.28 Å². The van der Waals surface area contributed by atoms with Crippen LogP contribution in [0.5, 0.6) is 0 Å². The highest BCUT2D eigenvalue weighted by molar-refractivity contribution is 6.28. The molecule has 2 heterocycles. The molecule has 2 aromatic rings. The molecule has 0 fully saturated rings. The lowest BCUT2D eigenvalue weighted by atomic mass is 10.4. The molecule has 0 spiro atoms. The third-order valence-electron chi connectivity index (χ3n) is 1.97. The van der Waals surface area contributed by atoms with Crippen LogP contribution in [0.15, 0.2) is 12.1 Å². The minimum Gasteiger partial charge on any atom is -0.382 e. The van der Waals surface area contributed by atoms with Crippen molar-refractivity contribution in [2.75, 3.05) is 12.8 Å². The minimum absolute atomic E-state index is 0.00125. The Kier molecular flexibility index (Phi) is 2.20. The Bertz CT molecular complexity index is 535. The van der Waals surface area contributed by atoms with Gasteiger partial charge in [0.15, 0.2) is 5.82 Å². The van der Waals surface area contributed by atoms with Crippen LogP contribution in [0, 0.1) is 0 Å². The molecule has 0 radical (unpaired) electrons. The maximum absolute atomic E-state index is 11.4. The topological polar surface area (TPSA) is 85.3 Å². The summed E-state index contributed by atoms with van der Waals surface area (Å²) in [4.78, 5) is 15.2. The minimum atomic E-state index is -0.260. The molecular weight excluding hydrogens is 218 g/mol. The summed E-state index contributed by atoms with van der Waals surface area (Å²) in [5.41, 5.74) is 6.54. The quantitative estimate of drug-likeness (QED) is 0.732. The average Bonchev–Trinajstić information content (AvgIpc) is 2.60. The number of carbonyl (C=O) groups excluding carboxylic acids is 1. The average molecular weight is 226 g/mol. The van der Waals surface area contributed by atoms with Crippen molar-refractivity contribution in [1.82, 2.24) is 19.9 Å². The van der Waals surface area contributed by atoms with Crippen molar-refractivity contribution in [3.63, 3.8) is 0 Å². The zero-order chi connectivity index (χ0) is 11.0. The van der Waals surface area contributed by atoms with E-state index in [9.17, 15) is 4.79 Å². The molecule has 0 bridgehead atoms. The van der Waals surface area contributed by atoms with E-state index in [0.717, 1.165) is 0 Å². The first-order valence-electron chi connectivity index (χ1n) is 4.16. The van der Waals surface area contributed by atoms with E-state index >= 15 is 0 Å². The number of nitrogens with one attached hydrogen (secondary N) is 1. The van der Waals surface area contributed by atoms with E-state index in [0.29, 0.717) is 11.2 Å². The Morgan fingerprint density at radius 1 is 1.60 bits per heavy atom. The first-order chi connectivity index (χ1) is 7.13. The number of aromatic nitrogens is 3. The van der Waals surface area contributed by atoms with E-state index in [4.69, 9.17) is 17.3 Å². The molecule has 6 nitrogen and oxygen atoms in total. The van der Waals surface area contributed by atoms with Crippen molar-refractivity contribution in [3.05, 3.63) is 23.1 Å². The largest absolute Gasteiger partial charge is 0.382 e. The second kappa shape index (κ2) is 3.39. The molecule has 15 heavy (non-hydrogen) atoms. The second-order valence-corrected chi connectivity index (χ2v) is 3.20. The molecule has 78 valence electrons. The van der Waals surface area contributed by atoms with Gasteiger partial charge in [0.1, 0.15) is 11.2 Å². The summed E-state index contributed by atoms with van der Waals surface area (Å²) in [6, 6.07) is 3.27. The number of amides is 1. The van der Waals surface area contributed by atoms with Gasteiger partial charge in [0.2, 0.25) is 5.28 Å². The highest BCUT2D eigenvalue weighted by atomic mass is 35.5. The van der Waals surface area contributed by atoms with Crippen molar-refractivity contribution in [1.29, 1.82) is 0 Å². The number of rotatable bonds is 1. The smallest absolute Gasteiger partial charge is 0.269 e. The van der Waals surface area contributed by atoms with Crippen LogP contribution in [-0.4, -0.2) is 27.6 Å². The third-order valence-corrected chi connectivity index (χ3v) is 2.13. The number of nitrogens with zero attached hydrogens (tertiary/aromatic N) is 3.